The highest BCUT2D eigenvalue weighted by atomic mass is 16.5. The van der Waals surface area contributed by atoms with E-state index in [1.807, 2.05) is 0 Å². The molecule has 2 aliphatic rings. The maximum Gasteiger partial charge on any atom is 0.163 e. The minimum Gasteiger partial charge on any atom is -0.508 e. The number of ketones is 2. The molecule has 0 fully saturated rings. The van der Waals surface area contributed by atoms with Crippen molar-refractivity contribution < 1.29 is 29.3 Å². The SMILES string of the molecule is COC1=CC(/C=C/C(=O)CC(=O)/C=C/C2=CC(OC)=C(O)CC2)=CCC1O. The minimum absolute atomic E-state index is 0.191. The van der Waals surface area contributed by atoms with E-state index in [1.54, 1.807) is 30.4 Å². The van der Waals surface area contributed by atoms with E-state index in [2.05, 4.69) is 0 Å². The molecule has 27 heavy (non-hydrogen) atoms. The van der Waals surface area contributed by atoms with Gasteiger partial charge in [0.1, 0.15) is 17.6 Å². The Morgan fingerprint density at radius 1 is 1.11 bits per heavy atom. The van der Waals surface area contributed by atoms with Crippen molar-refractivity contribution in [1.82, 2.24) is 0 Å². The molecule has 0 saturated carbocycles. The van der Waals surface area contributed by atoms with Gasteiger partial charge in [0.2, 0.25) is 0 Å². The lowest BCUT2D eigenvalue weighted by Gasteiger charge is -2.16. The lowest BCUT2D eigenvalue weighted by molar-refractivity contribution is -0.121. The predicted molar refractivity (Wildman–Crippen MR) is 101 cm³/mol. The highest BCUT2D eigenvalue weighted by Gasteiger charge is 2.15. The first-order valence-electron chi connectivity index (χ1n) is 8.65. The number of aliphatic hydroxyl groups is 2. The average Bonchev–Trinajstić information content (AvgIpc) is 2.66. The third kappa shape index (κ3) is 6.11. The molecule has 1 atom stereocenters. The first-order chi connectivity index (χ1) is 12.9. The van der Waals surface area contributed by atoms with Crippen molar-refractivity contribution in [3.63, 3.8) is 0 Å². The minimum atomic E-state index is -0.668. The molecular formula is C21H24O6. The summed E-state index contributed by atoms with van der Waals surface area (Å²) in [5.41, 5.74) is 1.60. The van der Waals surface area contributed by atoms with Crippen LogP contribution in [0.15, 0.2) is 71.0 Å². The molecule has 0 amide bonds. The van der Waals surface area contributed by atoms with Crippen LogP contribution in [0.5, 0.6) is 0 Å². The Labute approximate surface area is 158 Å². The summed E-state index contributed by atoms with van der Waals surface area (Å²) in [7, 11) is 2.95. The number of carbonyl (C=O) groups excluding carboxylic acids is 2. The second-order valence-corrected chi connectivity index (χ2v) is 6.22. The van der Waals surface area contributed by atoms with Crippen molar-refractivity contribution in [1.29, 1.82) is 0 Å². The van der Waals surface area contributed by atoms with Gasteiger partial charge in [-0.3, -0.25) is 9.59 Å². The van der Waals surface area contributed by atoms with E-state index in [1.165, 1.54) is 26.4 Å². The molecule has 6 heteroatoms. The van der Waals surface area contributed by atoms with Crippen molar-refractivity contribution in [3.8, 4) is 0 Å². The molecule has 1 unspecified atom stereocenters. The van der Waals surface area contributed by atoms with Crippen molar-refractivity contribution in [2.75, 3.05) is 14.2 Å². The molecule has 2 rings (SSSR count). The zero-order valence-electron chi connectivity index (χ0n) is 15.5. The Hall–Kier alpha value is -2.86. The summed E-state index contributed by atoms with van der Waals surface area (Å²) in [6.07, 6.45) is 11.7. The molecule has 0 aromatic rings. The summed E-state index contributed by atoms with van der Waals surface area (Å²) in [5.74, 6) is 0.416. The largest absolute Gasteiger partial charge is 0.508 e. The molecule has 0 aromatic heterocycles. The van der Waals surface area contributed by atoms with Gasteiger partial charge in [-0.25, -0.2) is 0 Å². The smallest absolute Gasteiger partial charge is 0.163 e. The number of allylic oxidation sites excluding steroid dienone is 9. The molecule has 0 saturated heterocycles. The van der Waals surface area contributed by atoms with E-state index in [9.17, 15) is 19.8 Å². The van der Waals surface area contributed by atoms with Crippen molar-refractivity contribution >= 4 is 11.6 Å². The second-order valence-electron chi connectivity index (χ2n) is 6.22. The summed E-state index contributed by atoms with van der Waals surface area (Å²) in [4.78, 5) is 23.9. The van der Waals surface area contributed by atoms with Gasteiger partial charge in [-0.05, 0) is 48.3 Å². The summed E-state index contributed by atoms with van der Waals surface area (Å²) >= 11 is 0. The Morgan fingerprint density at radius 2 is 1.81 bits per heavy atom. The van der Waals surface area contributed by atoms with E-state index in [0.717, 1.165) is 11.1 Å². The highest BCUT2D eigenvalue weighted by Crippen LogP contribution is 2.23. The van der Waals surface area contributed by atoms with Crippen LogP contribution in [-0.4, -0.2) is 42.1 Å². The van der Waals surface area contributed by atoms with Gasteiger partial charge in [-0.1, -0.05) is 18.2 Å². The lowest BCUT2D eigenvalue weighted by Crippen LogP contribution is -2.14. The van der Waals surface area contributed by atoms with Crippen molar-refractivity contribution in [3.05, 3.63) is 71.0 Å². The first-order valence-corrected chi connectivity index (χ1v) is 8.65. The third-order valence-electron chi connectivity index (χ3n) is 4.21. The number of hydrogen-bond donors (Lipinski definition) is 2. The molecule has 6 nitrogen and oxygen atoms in total. The first kappa shape index (κ1) is 20.5. The van der Waals surface area contributed by atoms with Gasteiger partial charge in [-0.2, -0.15) is 0 Å². The van der Waals surface area contributed by atoms with E-state index >= 15 is 0 Å². The van der Waals surface area contributed by atoms with Crippen LogP contribution in [0.2, 0.25) is 0 Å². The summed E-state index contributed by atoms with van der Waals surface area (Å²) in [6.45, 7) is 0. The van der Waals surface area contributed by atoms with Gasteiger partial charge in [-0.15, -0.1) is 0 Å². The van der Waals surface area contributed by atoms with E-state index in [0.29, 0.717) is 30.8 Å². The van der Waals surface area contributed by atoms with E-state index in [4.69, 9.17) is 9.47 Å². The molecule has 144 valence electrons. The molecular weight excluding hydrogens is 348 g/mol. The normalized spacial score (nSPS) is 20.4. The van der Waals surface area contributed by atoms with Gasteiger partial charge in [0, 0.05) is 6.42 Å². The fourth-order valence-electron chi connectivity index (χ4n) is 2.69. The molecule has 2 aliphatic carbocycles. The van der Waals surface area contributed by atoms with Crippen LogP contribution in [0.3, 0.4) is 0 Å². The highest BCUT2D eigenvalue weighted by molar-refractivity contribution is 6.08. The van der Waals surface area contributed by atoms with Crippen LogP contribution in [0, 0.1) is 0 Å². The molecule has 0 spiro atoms. The fourth-order valence-corrected chi connectivity index (χ4v) is 2.69. The van der Waals surface area contributed by atoms with Crippen LogP contribution in [0.1, 0.15) is 25.7 Å². The van der Waals surface area contributed by atoms with Gasteiger partial charge >= 0.3 is 0 Å². The summed E-state index contributed by atoms with van der Waals surface area (Å²) in [5, 5.41) is 19.3. The number of hydrogen-bond acceptors (Lipinski definition) is 6. The standard InChI is InChI=1S/C21H24O6/c1-26-20-11-14(5-9-18(20)24)3-7-16(22)13-17(23)8-4-15-6-10-19(25)21(12-15)27-2/h3-5,7-8,11-12,18,24-25H,6,9-10,13H2,1-2H3/b7-3+,8-4+. The van der Waals surface area contributed by atoms with Crippen LogP contribution >= 0.6 is 0 Å². The Bertz CT molecular complexity index is 776. The Kier molecular flexibility index (Phi) is 7.37. The van der Waals surface area contributed by atoms with E-state index in [-0.39, 0.29) is 23.7 Å². The zero-order chi connectivity index (χ0) is 19.8. The fraction of sp³-hybridized carbons (Fsp3) is 0.333. The number of rotatable bonds is 8. The van der Waals surface area contributed by atoms with Gasteiger partial charge in [0.05, 0.1) is 20.6 Å². The molecule has 0 radical (unpaired) electrons. The average molecular weight is 372 g/mol. The second kappa shape index (κ2) is 9.73. The molecule has 0 bridgehead atoms. The number of carbonyl (C=O) groups is 2. The molecule has 2 N–H and O–H groups in total. The predicted octanol–water partition coefficient (Wildman–Crippen LogP) is 2.98. The van der Waals surface area contributed by atoms with Crippen molar-refractivity contribution in [2.45, 2.75) is 31.8 Å². The maximum absolute atomic E-state index is 12.0. The van der Waals surface area contributed by atoms with Gasteiger partial charge in [0.15, 0.2) is 17.3 Å². The van der Waals surface area contributed by atoms with Crippen LogP contribution < -0.4 is 0 Å². The number of aliphatic hydroxyl groups excluding tert-OH is 2. The summed E-state index contributed by atoms with van der Waals surface area (Å²) < 4.78 is 10.1. The van der Waals surface area contributed by atoms with Crippen molar-refractivity contribution in [2.24, 2.45) is 0 Å². The number of methoxy groups -OCH3 is 2. The molecule has 0 aromatic carbocycles. The zero-order valence-corrected chi connectivity index (χ0v) is 15.5. The quantitative estimate of drug-likeness (QED) is 0.503. The van der Waals surface area contributed by atoms with Crippen LogP contribution in [-0.2, 0) is 19.1 Å². The third-order valence-corrected chi connectivity index (χ3v) is 4.21. The van der Waals surface area contributed by atoms with Gasteiger partial charge < -0.3 is 19.7 Å². The van der Waals surface area contributed by atoms with Gasteiger partial charge in [0.25, 0.3) is 0 Å². The maximum atomic E-state index is 12.0. The lowest BCUT2D eigenvalue weighted by atomic mass is 10.0. The molecule has 0 aliphatic heterocycles. The molecule has 0 heterocycles. The topological polar surface area (TPSA) is 93.1 Å². The number of ether oxygens (including phenoxy) is 2. The Morgan fingerprint density at radius 3 is 2.48 bits per heavy atom. The van der Waals surface area contributed by atoms with E-state index < -0.39 is 6.10 Å². The summed E-state index contributed by atoms with van der Waals surface area (Å²) in [6, 6.07) is 0. The monoisotopic (exact) mass is 372 g/mol. The van der Waals surface area contributed by atoms with Crippen LogP contribution in [0.25, 0.3) is 0 Å². The Balaban J connectivity index is 1.89. The van der Waals surface area contributed by atoms with Crippen LogP contribution in [0.4, 0.5) is 0 Å².